The van der Waals surface area contributed by atoms with Crippen LogP contribution in [0.25, 0.3) is 11.1 Å². The molecule has 4 rings (SSSR count). The van der Waals surface area contributed by atoms with Gasteiger partial charge >= 0.3 is 6.09 Å². The van der Waals surface area contributed by atoms with Crippen molar-refractivity contribution in [2.75, 3.05) is 24.5 Å². The summed E-state index contributed by atoms with van der Waals surface area (Å²) in [5.41, 5.74) is 4.92. The highest BCUT2D eigenvalue weighted by Crippen LogP contribution is 2.39. The van der Waals surface area contributed by atoms with Gasteiger partial charge in [-0.3, -0.25) is 14.5 Å². The molecule has 0 bridgehead atoms. The van der Waals surface area contributed by atoms with Crippen molar-refractivity contribution >= 4 is 36.0 Å². The van der Waals surface area contributed by atoms with Crippen molar-refractivity contribution in [2.45, 2.75) is 58.8 Å². The summed E-state index contributed by atoms with van der Waals surface area (Å²) in [7, 11) is 0. The number of amides is 3. The molecule has 8 nitrogen and oxygen atoms in total. The Balaban J connectivity index is 0.00000361. The maximum atomic E-state index is 12.4. The summed E-state index contributed by atoms with van der Waals surface area (Å²) in [6.45, 7) is 9.87. The molecule has 0 saturated carbocycles. The summed E-state index contributed by atoms with van der Waals surface area (Å²) in [4.78, 5) is 40.4. The van der Waals surface area contributed by atoms with Crippen molar-refractivity contribution < 1.29 is 19.1 Å². The molecule has 0 aromatic heterocycles. The Morgan fingerprint density at radius 2 is 1.83 bits per heavy atom. The zero-order valence-corrected chi connectivity index (χ0v) is 22.1. The van der Waals surface area contributed by atoms with Gasteiger partial charge in [0.2, 0.25) is 11.8 Å². The van der Waals surface area contributed by atoms with E-state index in [1.807, 2.05) is 32.9 Å². The molecule has 36 heavy (non-hydrogen) atoms. The molecule has 0 spiro atoms. The number of hydrogen-bond donors (Lipinski definition) is 2. The molecule has 3 amide bonds. The van der Waals surface area contributed by atoms with Crippen LogP contribution in [-0.4, -0.2) is 54.6 Å². The van der Waals surface area contributed by atoms with Crippen molar-refractivity contribution in [1.82, 2.24) is 15.5 Å². The Bertz CT molecular complexity index is 1110. The van der Waals surface area contributed by atoms with E-state index >= 15 is 0 Å². The quantitative estimate of drug-likeness (QED) is 0.628. The average molecular weight is 515 g/mol. The minimum absolute atomic E-state index is 0. The van der Waals surface area contributed by atoms with Crippen LogP contribution in [0.4, 0.5) is 10.5 Å². The number of carbonyl (C=O) groups excluding carboxylic acids is 3. The maximum absolute atomic E-state index is 12.4. The molecule has 2 aromatic carbocycles. The largest absolute Gasteiger partial charge is 0.447 e. The van der Waals surface area contributed by atoms with Crippen molar-refractivity contribution in [2.24, 2.45) is 0 Å². The number of hydrogen-bond acceptors (Lipinski definition) is 5. The summed E-state index contributed by atoms with van der Waals surface area (Å²) >= 11 is 0. The summed E-state index contributed by atoms with van der Waals surface area (Å²) in [6.07, 6.45) is -0.0695. The zero-order valence-electron chi connectivity index (χ0n) is 21.2. The molecule has 2 N–H and O–H groups in total. The summed E-state index contributed by atoms with van der Waals surface area (Å²) < 4.78 is 5.32. The second kappa shape index (κ2) is 11.8. The Hall–Kier alpha value is -3.10. The molecule has 2 aliphatic rings. The topological polar surface area (TPSA) is 91.0 Å². The third-order valence-electron chi connectivity index (χ3n) is 6.47. The Labute approximate surface area is 218 Å². The average Bonchev–Trinajstić information content (AvgIpc) is 2.78. The molecule has 0 unspecified atom stereocenters. The van der Waals surface area contributed by atoms with Crippen LogP contribution in [0.5, 0.6) is 0 Å². The van der Waals surface area contributed by atoms with Gasteiger partial charge in [0.15, 0.2) is 0 Å². The fourth-order valence-electron chi connectivity index (χ4n) is 4.94. The number of benzene rings is 2. The first-order valence-electron chi connectivity index (χ1n) is 12.2. The van der Waals surface area contributed by atoms with Crippen LogP contribution in [-0.2, 0) is 20.9 Å². The van der Waals surface area contributed by atoms with Gasteiger partial charge in [0.1, 0.15) is 0 Å². The van der Waals surface area contributed by atoms with Crippen molar-refractivity contribution in [3.05, 3.63) is 53.6 Å². The fourth-order valence-corrected chi connectivity index (χ4v) is 4.94. The number of halogens is 1. The van der Waals surface area contributed by atoms with Gasteiger partial charge < -0.3 is 20.3 Å². The van der Waals surface area contributed by atoms with E-state index in [0.29, 0.717) is 19.5 Å². The predicted molar refractivity (Wildman–Crippen MR) is 142 cm³/mol. The Morgan fingerprint density at radius 3 is 2.47 bits per heavy atom. The van der Waals surface area contributed by atoms with Crippen LogP contribution in [0.3, 0.4) is 0 Å². The third kappa shape index (κ3) is 6.36. The predicted octanol–water partition coefficient (Wildman–Crippen LogP) is 4.03. The van der Waals surface area contributed by atoms with E-state index in [1.54, 1.807) is 11.8 Å². The highest BCUT2D eigenvalue weighted by atomic mass is 35.5. The molecule has 2 heterocycles. The van der Waals surface area contributed by atoms with Gasteiger partial charge in [-0.1, -0.05) is 30.3 Å². The number of rotatable bonds is 5. The van der Waals surface area contributed by atoms with Crippen LogP contribution < -0.4 is 15.5 Å². The van der Waals surface area contributed by atoms with E-state index in [0.717, 1.165) is 41.0 Å². The molecular weight excluding hydrogens is 480 g/mol. The smallest absolute Gasteiger partial charge is 0.407 e. The summed E-state index contributed by atoms with van der Waals surface area (Å²) in [6, 6.07) is 14.0. The van der Waals surface area contributed by atoms with E-state index in [-0.39, 0.29) is 42.4 Å². The van der Waals surface area contributed by atoms with Gasteiger partial charge in [-0.2, -0.15) is 0 Å². The maximum Gasteiger partial charge on any atom is 0.407 e. The first kappa shape index (κ1) is 27.5. The lowest BCUT2D eigenvalue weighted by molar-refractivity contribution is -0.124. The number of nitrogens with zero attached hydrogens (tertiary/aromatic N) is 2. The number of alkyl carbamates (subject to hydrolysis) is 1. The number of nitrogens with one attached hydrogen (secondary N) is 2. The van der Waals surface area contributed by atoms with E-state index in [1.165, 1.54) is 0 Å². The van der Waals surface area contributed by atoms with E-state index in [2.05, 4.69) is 45.9 Å². The lowest BCUT2D eigenvalue weighted by atomic mass is 9.89. The highest BCUT2D eigenvalue weighted by molar-refractivity contribution is 5.94. The van der Waals surface area contributed by atoms with Gasteiger partial charge in [0.25, 0.3) is 0 Å². The number of ether oxygens (including phenoxy) is 1. The normalized spacial score (nSPS) is 19.7. The lowest BCUT2D eigenvalue weighted by Gasteiger charge is -2.39. The first-order valence-corrected chi connectivity index (χ1v) is 12.2. The number of fused-ring (bicyclic) bond motifs is 1. The van der Waals surface area contributed by atoms with Gasteiger partial charge in [-0.15, -0.1) is 12.4 Å². The molecule has 9 heteroatoms. The fraction of sp³-hybridized carbons (Fsp3) is 0.444. The minimum atomic E-state index is -0.458. The first-order chi connectivity index (χ1) is 16.7. The van der Waals surface area contributed by atoms with Gasteiger partial charge in [-0.25, -0.2) is 4.79 Å². The second-order valence-electron chi connectivity index (χ2n) is 9.66. The van der Waals surface area contributed by atoms with Crippen LogP contribution in [0.1, 0.15) is 51.3 Å². The van der Waals surface area contributed by atoms with E-state index < -0.39 is 6.09 Å². The summed E-state index contributed by atoms with van der Waals surface area (Å²) in [5, 5.41) is 5.85. The van der Waals surface area contributed by atoms with Gasteiger partial charge in [0, 0.05) is 38.3 Å². The molecule has 1 saturated heterocycles. The van der Waals surface area contributed by atoms with E-state index in [9.17, 15) is 14.4 Å². The van der Waals surface area contributed by atoms with Crippen LogP contribution >= 0.6 is 12.4 Å². The molecule has 0 aliphatic carbocycles. The van der Waals surface area contributed by atoms with Crippen molar-refractivity contribution in [3.63, 3.8) is 0 Å². The SMILES string of the molecule is CC(=O)N1c2ccc(-c3ccc(CN4CCNC(=O)C4)cc3)cc2[C@H](NC(=O)OC(C)C)C[C@@H]1C.Cl. The monoisotopic (exact) mass is 514 g/mol. The van der Waals surface area contributed by atoms with Crippen molar-refractivity contribution in [1.29, 1.82) is 0 Å². The van der Waals surface area contributed by atoms with Crippen molar-refractivity contribution in [3.8, 4) is 11.1 Å². The zero-order chi connectivity index (χ0) is 25.1. The Kier molecular flexibility index (Phi) is 8.98. The van der Waals surface area contributed by atoms with Gasteiger partial charge in [-0.05, 0) is 61.6 Å². The summed E-state index contributed by atoms with van der Waals surface area (Å²) in [5.74, 6) is 0.0433. The third-order valence-corrected chi connectivity index (χ3v) is 6.47. The molecule has 2 aliphatic heterocycles. The molecule has 1 fully saturated rings. The lowest BCUT2D eigenvalue weighted by Crippen LogP contribution is -2.47. The van der Waals surface area contributed by atoms with Crippen LogP contribution in [0.2, 0.25) is 0 Å². The standard InChI is InChI=1S/C27H34N4O4.ClH/c1-17(2)35-27(34)29-24-13-18(3)31(19(4)32)25-10-9-22(14-23(24)25)21-7-5-20(6-8-21)15-30-12-11-28-26(33)16-30;/h5-10,14,17-18,24H,11-13,15-16H2,1-4H3,(H,28,33)(H,29,34);1H/t18-,24+;/m0./s1. The Morgan fingerprint density at radius 1 is 1.14 bits per heavy atom. The second-order valence-corrected chi connectivity index (χ2v) is 9.66. The molecule has 2 atom stereocenters. The van der Waals surface area contributed by atoms with Crippen LogP contribution in [0.15, 0.2) is 42.5 Å². The minimum Gasteiger partial charge on any atom is -0.447 e. The number of anilines is 1. The van der Waals surface area contributed by atoms with Gasteiger partial charge in [0.05, 0.1) is 18.7 Å². The van der Waals surface area contributed by atoms with E-state index in [4.69, 9.17) is 4.74 Å². The number of carbonyl (C=O) groups is 3. The number of piperazine rings is 1. The molecule has 0 radical (unpaired) electrons. The van der Waals surface area contributed by atoms with Crippen LogP contribution in [0, 0.1) is 0 Å². The molecule has 194 valence electrons. The molecule has 2 aromatic rings. The highest BCUT2D eigenvalue weighted by Gasteiger charge is 2.33. The molecular formula is C27H35ClN4O4.